The second kappa shape index (κ2) is 12.4. The number of sulfone groups is 1. The molecule has 0 aliphatic carbocycles. The van der Waals surface area contributed by atoms with Crippen LogP contribution in [-0.2, 0) is 9.84 Å². The lowest BCUT2D eigenvalue weighted by molar-refractivity contribution is 0.241. The summed E-state index contributed by atoms with van der Waals surface area (Å²) in [4.78, 5) is 11.5. The van der Waals surface area contributed by atoms with Gasteiger partial charge in [-0.25, -0.2) is 8.42 Å². The Bertz CT molecular complexity index is 1510. The first-order valence-corrected chi connectivity index (χ1v) is 15.5. The van der Waals surface area contributed by atoms with Crippen LogP contribution in [0, 0.1) is 12.3 Å². The van der Waals surface area contributed by atoms with Gasteiger partial charge in [0.15, 0.2) is 9.84 Å². The van der Waals surface area contributed by atoms with E-state index in [9.17, 15) is 8.42 Å². The summed E-state index contributed by atoms with van der Waals surface area (Å²) < 4.78 is 32.3. The van der Waals surface area contributed by atoms with Gasteiger partial charge < -0.3 is 31.4 Å². The Balaban J connectivity index is 1.73. The normalized spacial score (nSPS) is 14.8. The van der Waals surface area contributed by atoms with Gasteiger partial charge in [0.1, 0.15) is 17.4 Å². The van der Waals surface area contributed by atoms with E-state index in [-0.39, 0.29) is 34.1 Å². The number of nitrogens with two attached hydrogens (primary N) is 1. The van der Waals surface area contributed by atoms with Crippen LogP contribution in [0.15, 0.2) is 41.3 Å². The molecule has 2 heterocycles. The van der Waals surface area contributed by atoms with Crippen LogP contribution in [0.4, 0.5) is 29.0 Å². The zero-order valence-electron chi connectivity index (χ0n) is 24.7. The van der Waals surface area contributed by atoms with Crippen molar-refractivity contribution in [2.45, 2.75) is 69.6 Å². The molecule has 1 aliphatic heterocycles. The topological polar surface area (TPSA) is 146 Å². The van der Waals surface area contributed by atoms with E-state index >= 15 is 0 Å². The smallest absolute Gasteiger partial charge is 0.231 e. The SMILES string of the molecule is Cc1cc(Nc2nc(N)c(C=N)c(Nc3ccccc3S(=O)(=O)C(C)C)n2)c(OC(C)C)cc1C1CCN(C)CC1. The highest BCUT2D eigenvalue weighted by Crippen LogP contribution is 2.38. The van der Waals surface area contributed by atoms with E-state index in [1.807, 2.05) is 19.9 Å². The molecule has 1 fully saturated rings. The Labute approximate surface area is 243 Å². The lowest BCUT2D eigenvalue weighted by Gasteiger charge is -2.30. The third-order valence-corrected chi connectivity index (χ3v) is 9.53. The van der Waals surface area contributed by atoms with Gasteiger partial charge in [0.05, 0.1) is 33.2 Å². The maximum Gasteiger partial charge on any atom is 0.231 e. The Hall–Kier alpha value is -3.70. The summed E-state index contributed by atoms with van der Waals surface area (Å²) in [7, 11) is -1.43. The van der Waals surface area contributed by atoms with Gasteiger partial charge >= 0.3 is 0 Å². The van der Waals surface area contributed by atoms with E-state index in [1.54, 1.807) is 38.1 Å². The van der Waals surface area contributed by atoms with E-state index in [0.29, 0.717) is 23.0 Å². The first-order chi connectivity index (χ1) is 19.4. The number of aryl methyl sites for hydroxylation is 1. The number of hydrogen-bond donors (Lipinski definition) is 4. The Morgan fingerprint density at radius 2 is 1.76 bits per heavy atom. The van der Waals surface area contributed by atoms with Crippen LogP contribution < -0.4 is 21.1 Å². The fourth-order valence-corrected chi connectivity index (χ4v) is 6.21. The molecule has 5 N–H and O–H groups in total. The van der Waals surface area contributed by atoms with Gasteiger partial charge in [-0.1, -0.05) is 12.1 Å². The first-order valence-electron chi connectivity index (χ1n) is 13.9. The molecular formula is C30H41N7O3S. The van der Waals surface area contributed by atoms with Gasteiger partial charge in [-0.05, 0) is 109 Å². The molecule has 41 heavy (non-hydrogen) atoms. The van der Waals surface area contributed by atoms with Crippen molar-refractivity contribution < 1.29 is 13.2 Å². The van der Waals surface area contributed by atoms with Crippen LogP contribution in [0.3, 0.4) is 0 Å². The second-order valence-electron chi connectivity index (χ2n) is 11.1. The van der Waals surface area contributed by atoms with Gasteiger partial charge in [-0.15, -0.1) is 0 Å². The largest absolute Gasteiger partial charge is 0.489 e. The number of piperidine rings is 1. The van der Waals surface area contributed by atoms with E-state index in [2.05, 4.69) is 45.5 Å². The van der Waals surface area contributed by atoms with Crippen LogP contribution in [0.25, 0.3) is 0 Å². The highest BCUT2D eigenvalue weighted by molar-refractivity contribution is 7.92. The molecule has 0 bridgehead atoms. The Morgan fingerprint density at radius 1 is 1.07 bits per heavy atom. The minimum Gasteiger partial charge on any atom is -0.489 e. The lowest BCUT2D eigenvalue weighted by Crippen LogP contribution is -2.29. The van der Waals surface area contributed by atoms with Crippen molar-refractivity contribution in [3.8, 4) is 5.75 Å². The average Bonchev–Trinajstić information content (AvgIpc) is 2.90. The molecule has 0 atom stereocenters. The predicted octanol–water partition coefficient (Wildman–Crippen LogP) is 5.63. The number of rotatable bonds is 10. The summed E-state index contributed by atoms with van der Waals surface area (Å²) in [6, 6.07) is 10.8. The van der Waals surface area contributed by atoms with Crippen molar-refractivity contribution in [3.05, 3.63) is 53.1 Å². The summed E-state index contributed by atoms with van der Waals surface area (Å²) in [5, 5.41) is 13.7. The number of hydrogen-bond acceptors (Lipinski definition) is 10. The van der Waals surface area contributed by atoms with E-state index in [1.165, 1.54) is 5.56 Å². The van der Waals surface area contributed by atoms with Crippen molar-refractivity contribution in [1.82, 2.24) is 14.9 Å². The van der Waals surface area contributed by atoms with Crippen molar-refractivity contribution in [3.63, 3.8) is 0 Å². The maximum absolute atomic E-state index is 13.0. The minimum absolute atomic E-state index is 0.0495. The van der Waals surface area contributed by atoms with Gasteiger partial charge in [-0.3, -0.25) is 0 Å². The first kappa shape index (κ1) is 30.3. The number of para-hydroxylation sites is 1. The van der Waals surface area contributed by atoms with Crippen molar-refractivity contribution in [2.24, 2.45) is 0 Å². The van der Waals surface area contributed by atoms with E-state index < -0.39 is 15.1 Å². The Kier molecular flexibility index (Phi) is 9.18. The van der Waals surface area contributed by atoms with Crippen molar-refractivity contribution >= 4 is 45.0 Å². The number of nitrogens with one attached hydrogen (secondary N) is 3. The van der Waals surface area contributed by atoms with Crippen LogP contribution in [-0.4, -0.2) is 61.0 Å². The molecule has 4 rings (SSSR count). The standard InChI is InChI=1S/C30H41N7O3S/c1-18(2)40-26-16-22(21-11-13-37(6)14-12-21)20(5)15-25(26)34-30-35-28(32)23(17-31)29(36-30)33-24-9-7-8-10-27(24)41(38,39)19(3)4/h7-10,15-19,21,31H,11-14H2,1-6H3,(H4,32,33,34,35,36). The number of aromatic nitrogens is 2. The maximum atomic E-state index is 13.0. The molecule has 0 spiro atoms. The molecule has 0 radical (unpaired) electrons. The molecule has 0 amide bonds. The number of anilines is 5. The number of nitrogens with zero attached hydrogens (tertiary/aromatic N) is 3. The molecule has 0 unspecified atom stereocenters. The fourth-order valence-electron chi connectivity index (χ4n) is 5.01. The third-order valence-electron chi connectivity index (χ3n) is 7.32. The quantitative estimate of drug-likeness (QED) is 0.224. The zero-order valence-corrected chi connectivity index (χ0v) is 25.5. The summed E-state index contributed by atoms with van der Waals surface area (Å²) >= 11 is 0. The fraction of sp³-hybridized carbons (Fsp3) is 0.433. The summed E-state index contributed by atoms with van der Waals surface area (Å²) in [6.07, 6.45) is 3.19. The van der Waals surface area contributed by atoms with Gasteiger partial charge in [0, 0.05) is 6.21 Å². The zero-order chi connectivity index (χ0) is 29.9. The molecule has 11 heteroatoms. The highest BCUT2D eigenvalue weighted by atomic mass is 32.2. The number of ether oxygens (including phenoxy) is 1. The van der Waals surface area contributed by atoms with Crippen molar-refractivity contribution in [1.29, 1.82) is 5.41 Å². The van der Waals surface area contributed by atoms with Crippen LogP contribution >= 0.6 is 0 Å². The Morgan fingerprint density at radius 3 is 2.39 bits per heavy atom. The summed E-state index contributed by atoms with van der Waals surface area (Å²) in [5.74, 6) is 1.65. The monoisotopic (exact) mass is 579 g/mol. The van der Waals surface area contributed by atoms with Crippen LogP contribution in [0.2, 0.25) is 0 Å². The lowest BCUT2D eigenvalue weighted by atomic mass is 9.86. The predicted molar refractivity (Wildman–Crippen MR) is 166 cm³/mol. The molecule has 2 aromatic carbocycles. The van der Waals surface area contributed by atoms with Crippen molar-refractivity contribution in [2.75, 3.05) is 36.5 Å². The average molecular weight is 580 g/mol. The molecule has 220 valence electrons. The number of benzene rings is 2. The number of nitrogen functional groups attached to an aromatic ring is 1. The highest BCUT2D eigenvalue weighted by Gasteiger charge is 2.25. The minimum atomic E-state index is -3.58. The molecule has 1 aliphatic rings. The second-order valence-corrected chi connectivity index (χ2v) is 13.6. The molecule has 1 saturated heterocycles. The molecule has 3 aromatic rings. The van der Waals surface area contributed by atoms with Gasteiger partial charge in [-0.2, -0.15) is 9.97 Å². The number of likely N-dealkylation sites (tertiary alicyclic amines) is 1. The molecule has 10 nitrogen and oxygen atoms in total. The van der Waals surface area contributed by atoms with Gasteiger partial charge in [0.2, 0.25) is 5.95 Å². The molecule has 0 saturated carbocycles. The summed E-state index contributed by atoms with van der Waals surface area (Å²) in [6.45, 7) is 11.5. The van der Waals surface area contributed by atoms with Crippen LogP contribution in [0.5, 0.6) is 5.75 Å². The third kappa shape index (κ3) is 6.79. The van der Waals surface area contributed by atoms with Gasteiger partial charge in [0.25, 0.3) is 0 Å². The molecule has 1 aromatic heterocycles. The van der Waals surface area contributed by atoms with E-state index in [4.69, 9.17) is 15.9 Å². The van der Waals surface area contributed by atoms with E-state index in [0.717, 1.165) is 37.7 Å². The molecular weight excluding hydrogens is 538 g/mol. The summed E-state index contributed by atoms with van der Waals surface area (Å²) in [5.41, 5.74) is 9.98. The van der Waals surface area contributed by atoms with Crippen LogP contribution in [0.1, 0.15) is 63.1 Å².